The summed E-state index contributed by atoms with van der Waals surface area (Å²) in [5, 5.41) is 3.51. The van der Waals surface area contributed by atoms with E-state index in [-0.39, 0.29) is 11.7 Å². The highest BCUT2D eigenvalue weighted by atomic mass is 127. The van der Waals surface area contributed by atoms with Gasteiger partial charge in [0, 0.05) is 20.5 Å². The number of rotatable bonds is 6. The molecule has 156 valence electrons. The number of carbonyl (C=O) groups excluding carboxylic acids is 1. The Kier molecular flexibility index (Phi) is 7.27. The Hall–Kier alpha value is -1.94. The molecule has 31 heavy (non-hydrogen) atoms. The minimum Gasteiger partial charge on any atom is -0.325 e. The van der Waals surface area contributed by atoms with Crippen LogP contribution in [0.4, 0.5) is 11.4 Å². The molecule has 8 heteroatoms. The number of hydrogen-bond donors (Lipinski definition) is 1. The van der Waals surface area contributed by atoms with Crippen LogP contribution in [0.15, 0.2) is 70.0 Å². The number of halogens is 2. The summed E-state index contributed by atoms with van der Waals surface area (Å²) in [6, 6.07) is 19.6. The molecule has 1 amide bonds. The lowest BCUT2D eigenvalue weighted by Crippen LogP contribution is -2.13. The number of fused-ring (bicyclic) bond motifs is 1. The maximum Gasteiger partial charge on any atom is 0.234 e. The van der Waals surface area contributed by atoms with Crippen LogP contribution in [0.5, 0.6) is 0 Å². The van der Waals surface area contributed by atoms with E-state index in [4.69, 9.17) is 11.6 Å². The van der Waals surface area contributed by atoms with Crippen molar-refractivity contribution < 1.29 is 4.79 Å². The topological polar surface area (TPSA) is 54.4 Å². The minimum absolute atomic E-state index is 0.0908. The van der Waals surface area contributed by atoms with Crippen molar-refractivity contribution in [2.45, 2.75) is 11.3 Å². The second kappa shape index (κ2) is 10.1. The fraction of sp³-hybridized carbons (Fsp3) is 0.0870. The highest BCUT2D eigenvalue weighted by Crippen LogP contribution is 2.32. The van der Waals surface area contributed by atoms with Gasteiger partial charge in [-0.15, -0.1) is 11.3 Å². The predicted molar refractivity (Wildman–Crippen MR) is 142 cm³/mol. The van der Waals surface area contributed by atoms with Gasteiger partial charge in [0.05, 0.1) is 21.7 Å². The highest BCUT2D eigenvalue weighted by molar-refractivity contribution is 14.1. The Bertz CT molecular complexity index is 1270. The van der Waals surface area contributed by atoms with Crippen molar-refractivity contribution in [2.75, 3.05) is 11.1 Å². The number of thioether (sulfide) groups is 1. The number of aromatic nitrogens is 1. The van der Waals surface area contributed by atoms with E-state index >= 15 is 0 Å². The Morgan fingerprint density at radius 1 is 1.19 bits per heavy atom. The quantitative estimate of drug-likeness (QED) is 0.148. The van der Waals surface area contributed by atoms with Gasteiger partial charge in [-0.1, -0.05) is 41.6 Å². The van der Waals surface area contributed by atoms with Crippen LogP contribution in [-0.2, 0) is 4.79 Å². The molecule has 0 bridgehead atoms. The van der Waals surface area contributed by atoms with E-state index in [9.17, 15) is 4.79 Å². The van der Waals surface area contributed by atoms with Crippen LogP contribution in [0.3, 0.4) is 0 Å². The van der Waals surface area contributed by atoms with Gasteiger partial charge in [-0.05, 0) is 83.1 Å². The van der Waals surface area contributed by atoms with Gasteiger partial charge in [0.2, 0.25) is 5.91 Å². The molecule has 0 saturated heterocycles. The summed E-state index contributed by atoms with van der Waals surface area (Å²) in [6.07, 6.45) is 1.86. The summed E-state index contributed by atoms with van der Waals surface area (Å²) < 4.78 is 3.10. The van der Waals surface area contributed by atoms with Crippen molar-refractivity contribution in [3.05, 3.63) is 80.4 Å². The second-order valence-electron chi connectivity index (χ2n) is 6.74. The highest BCUT2D eigenvalue weighted by Gasteiger charge is 2.09. The van der Waals surface area contributed by atoms with Crippen LogP contribution in [0, 0.1) is 10.5 Å². The van der Waals surface area contributed by atoms with Gasteiger partial charge in [0.15, 0.2) is 4.34 Å². The van der Waals surface area contributed by atoms with Crippen LogP contribution in [0.25, 0.3) is 10.2 Å². The van der Waals surface area contributed by atoms with Gasteiger partial charge in [-0.3, -0.25) is 9.79 Å². The lowest BCUT2D eigenvalue weighted by Gasteiger charge is -2.06. The van der Waals surface area contributed by atoms with E-state index in [0.29, 0.717) is 10.7 Å². The molecule has 1 heterocycles. The van der Waals surface area contributed by atoms with Gasteiger partial charge in [-0.25, -0.2) is 4.98 Å². The molecular weight excluding hydrogens is 561 g/mol. The molecule has 0 saturated carbocycles. The van der Waals surface area contributed by atoms with Gasteiger partial charge >= 0.3 is 0 Å². The molecule has 0 radical (unpaired) electrons. The average molecular weight is 578 g/mol. The molecule has 0 aliphatic carbocycles. The first-order valence-corrected chi connectivity index (χ1v) is 12.6. The zero-order valence-electron chi connectivity index (χ0n) is 16.4. The van der Waals surface area contributed by atoms with E-state index in [1.165, 1.54) is 15.3 Å². The van der Waals surface area contributed by atoms with Crippen molar-refractivity contribution in [3.8, 4) is 0 Å². The zero-order valence-corrected chi connectivity index (χ0v) is 21.0. The van der Waals surface area contributed by atoms with Crippen LogP contribution in [0.1, 0.15) is 11.1 Å². The Morgan fingerprint density at radius 3 is 2.77 bits per heavy atom. The molecule has 4 nitrogen and oxygen atoms in total. The zero-order chi connectivity index (χ0) is 21.8. The first-order chi connectivity index (χ1) is 15.0. The molecule has 3 aromatic carbocycles. The standard InChI is InChI=1S/C23H17ClIN3OS2/c1-14-2-7-18(10-19(14)24)27-22(29)13-30-23-28-20-9-8-17(11-21(20)31-23)26-12-15-3-5-16(25)6-4-15/h2-12H,13H2,1H3,(H,27,29). The van der Waals surface area contributed by atoms with Crippen LogP contribution < -0.4 is 5.32 Å². The largest absolute Gasteiger partial charge is 0.325 e. The third kappa shape index (κ3) is 6.06. The Labute approximate surface area is 207 Å². The van der Waals surface area contributed by atoms with Crippen molar-refractivity contribution in [1.29, 1.82) is 0 Å². The number of nitrogens with one attached hydrogen (secondary N) is 1. The smallest absolute Gasteiger partial charge is 0.234 e. The first kappa shape index (κ1) is 22.3. The summed E-state index contributed by atoms with van der Waals surface area (Å²) in [6.45, 7) is 1.93. The first-order valence-electron chi connectivity index (χ1n) is 9.35. The molecule has 4 aromatic rings. The number of benzene rings is 3. The molecule has 4 rings (SSSR count). The van der Waals surface area contributed by atoms with Gasteiger partial charge in [0.1, 0.15) is 0 Å². The number of hydrogen-bond acceptors (Lipinski definition) is 5. The average Bonchev–Trinajstić information content (AvgIpc) is 3.17. The minimum atomic E-state index is -0.0908. The van der Waals surface area contributed by atoms with Crippen LogP contribution in [0.2, 0.25) is 5.02 Å². The van der Waals surface area contributed by atoms with E-state index in [1.807, 2.05) is 55.6 Å². The van der Waals surface area contributed by atoms with Crippen molar-refractivity contribution in [1.82, 2.24) is 4.98 Å². The fourth-order valence-corrected chi connectivity index (χ4v) is 5.17. The summed E-state index contributed by atoms with van der Waals surface area (Å²) >= 11 is 11.4. The number of aryl methyl sites for hydroxylation is 1. The van der Waals surface area contributed by atoms with E-state index in [2.05, 4.69) is 50.0 Å². The Balaban J connectivity index is 1.39. The number of amides is 1. The van der Waals surface area contributed by atoms with Gasteiger partial charge in [0.25, 0.3) is 0 Å². The summed E-state index contributed by atoms with van der Waals surface area (Å²) in [7, 11) is 0. The molecule has 0 fully saturated rings. The number of thiazole rings is 1. The van der Waals surface area contributed by atoms with E-state index in [1.54, 1.807) is 17.4 Å². The number of nitrogens with zero attached hydrogens (tertiary/aromatic N) is 2. The van der Waals surface area contributed by atoms with Gasteiger partial charge in [-0.2, -0.15) is 0 Å². The van der Waals surface area contributed by atoms with Gasteiger partial charge < -0.3 is 5.32 Å². The van der Waals surface area contributed by atoms with E-state index < -0.39 is 0 Å². The molecule has 1 N–H and O–H groups in total. The number of anilines is 1. The predicted octanol–water partition coefficient (Wildman–Crippen LogP) is 7.34. The maximum atomic E-state index is 12.3. The lowest BCUT2D eigenvalue weighted by atomic mass is 10.2. The van der Waals surface area contributed by atoms with Crippen LogP contribution >= 0.6 is 57.3 Å². The summed E-state index contributed by atoms with van der Waals surface area (Å²) in [5.41, 5.74) is 4.51. The Morgan fingerprint density at radius 2 is 2.00 bits per heavy atom. The SMILES string of the molecule is Cc1ccc(NC(=O)CSc2nc3ccc(N=Cc4ccc(I)cc4)cc3s2)cc1Cl. The number of aliphatic imine (C=N–C) groups is 1. The molecule has 0 aliphatic heterocycles. The molecule has 0 aliphatic rings. The molecule has 0 unspecified atom stereocenters. The fourth-order valence-electron chi connectivity index (χ4n) is 2.73. The second-order valence-corrected chi connectivity index (χ2v) is 10.6. The summed E-state index contributed by atoms with van der Waals surface area (Å²) in [4.78, 5) is 21.5. The molecule has 1 aromatic heterocycles. The summed E-state index contributed by atoms with van der Waals surface area (Å²) in [5.74, 6) is 0.190. The van der Waals surface area contributed by atoms with E-state index in [0.717, 1.165) is 31.4 Å². The monoisotopic (exact) mass is 577 g/mol. The number of carbonyl (C=O) groups is 1. The third-order valence-electron chi connectivity index (χ3n) is 4.37. The lowest BCUT2D eigenvalue weighted by molar-refractivity contribution is -0.113. The van der Waals surface area contributed by atoms with Crippen LogP contribution in [-0.4, -0.2) is 22.9 Å². The molecular formula is C23H17ClIN3OS2. The molecule has 0 spiro atoms. The van der Waals surface area contributed by atoms with Crippen molar-refractivity contribution in [3.63, 3.8) is 0 Å². The third-order valence-corrected chi connectivity index (χ3v) is 7.65. The maximum absolute atomic E-state index is 12.3. The molecule has 0 atom stereocenters. The van der Waals surface area contributed by atoms with Crippen molar-refractivity contribution in [2.24, 2.45) is 4.99 Å². The van der Waals surface area contributed by atoms with Crippen molar-refractivity contribution >= 4 is 91.0 Å². The normalized spacial score (nSPS) is 11.3.